The Kier molecular flexibility index (Phi) is 52.4. The van der Waals surface area contributed by atoms with Crippen LogP contribution < -0.4 is 0 Å². The van der Waals surface area contributed by atoms with Crippen LogP contribution in [-0.4, -0.2) is 37.2 Å². The lowest BCUT2D eigenvalue weighted by molar-refractivity contribution is -0.167. The first-order valence-corrected chi connectivity index (χ1v) is 28.2. The molecule has 0 N–H and O–H groups in total. The summed E-state index contributed by atoms with van der Waals surface area (Å²) >= 11 is 0. The molecule has 0 bridgehead atoms. The maximum atomic E-state index is 12.8. The molecule has 0 aliphatic rings. The third kappa shape index (κ3) is 53.4. The van der Waals surface area contributed by atoms with E-state index in [2.05, 4.69) is 87.6 Å². The van der Waals surface area contributed by atoms with Crippen LogP contribution in [0.4, 0.5) is 0 Å². The highest BCUT2D eigenvalue weighted by molar-refractivity contribution is 5.71. The summed E-state index contributed by atoms with van der Waals surface area (Å²) in [5, 5.41) is 0. The highest BCUT2D eigenvalue weighted by atomic mass is 16.6. The second-order valence-corrected chi connectivity index (χ2v) is 18.6. The van der Waals surface area contributed by atoms with E-state index in [9.17, 15) is 14.4 Å². The molecule has 67 heavy (non-hydrogen) atoms. The average molecular weight is 933 g/mol. The fourth-order valence-corrected chi connectivity index (χ4v) is 7.73. The van der Waals surface area contributed by atoms with E-state index in [-0.39, 0.29) is 31.1 Å². The Morgan fingerprint density at radius 1 is 0.313 bits per heavy atom. The van der Waals surface area contributed by atoms with Gasteiger partial charge < -0.3 is 14.2 Å². The van der Waals surface area contributed by atoms with E-state index in [1.165, 1.54) is 141 Å². The molecule has 0 saturated carbocycles. The Morgan fingerprint density at radius 2 is 0.597 bits per heavy atom. The number of hydrogen-bond acceptors (Lipinski definition) is 6. The standard InChI is InChI=1S/C61H104O6/c1-4-7-10-13-16-19-22-25-28-29-30-31-34-36-39-42-45-48-51-54-60(63)66-57-58(67-61(64)55-52-49-46-43-40-37-33-27-24-21-18-15-12-9-6-3)56-65-59(62)53-50-47-44-41-38-35-32-26-23-20-17-14-11-8-5-2/h9,12,15-16,18-25,27,33,58H,4-8,10-11,13-14,17,26,28-32,34-57H2,1-3H3/b12-9-,18-15-,19-16-,23-20-,24-21-,25-22-,33-27-. The Bertz CT molecular complexity index is 1300. The van der Waals surface area contributed by atoms with Gasteiger partial charge in [0.05, 0.1) is 0 Å². The summed E-state index contributed by atoms with van der Waals surface area (Å²) in [4.78, 5) is 38.1. The largest absolute Gasteiger partial charge is 0.462 e. The number of rotatable bonds is 50. The van der Waals surface area contributed by atoms with Gasteiger partial charge in [-0.1, -0.05) is 241 Å². The van der Waals surface area contributed by atoms with Crippen LogP contribution in [0.25, 0.3) is 0 Å². The van der Waals surface area contributed by atoms with Gasteiger partial charge in [-0.15, -0.1) is 0 Å². The van der Waals surface area contributed by atoms with Crippen molar-refractivity contribution in [3.63, 3.8) is 0 Å². The molecule has 0 amide bonds. The Labute approximate surface area is 414 Å². The number of carbonyl (C=O) groups is 3. The molecule has 0 aromatic rings. The van der Waals surface area contributed by atoms with Crippen LogP contribution in [-0.2, 0) is 28.6 Å². The highest BCUT2D eigenvalue weighted by Gasteiger charge is 2.19. The first-order chi connectivity index (χ1) is 33.0. The van der Waals surface area contributed by atoms with Crippen LogP contribution in [0.2, 0.25) is 0 Å². The maximum Gasteiger partial charge on any atom is 0.306 e. The van der Waals surface area contributed by atoms with Crippen molar-refractivity contribution in [2.45, 2.75) is 271 Å². The van der Waals surface area contributed by atoms with E-state index in [0.717, 1.165) is 83.5 Å². The Morgan fingerprint density at radius 3 is 1.00 bits per heavy atom. The molecule has 0 radical (unpaired) electrons. The van der Waals surface area contributed by atoms with Gasteiger partial charge in [-0.25, -0.2) is 0 Å². The quantitative estimate of drug-likeness (QED) is 0.0199. The van der Waals surface area contributed by atoms with Crippen LogP contribution in [0.15, 0.2) is 85.1 Å². The van der Waals surface area contributed by atoms with Crippen molar-refractivity contribution in [3.8, 4) is 0 Å². The van der Waals surface area contributed by atoms with Gasteiger partial charge in [0, 0.05) is 19.3 Å². The van der Waals surface area contributed by atoms with Gasteiger partial charge >= 0.3 is 17.9 Å². The molecule has 384 valence electrons. The van der Waals surface area contributed by atoms with Gasteiger partial charge in [-0.3, -0.25) is 14.4 Å². The summed E-state index contributed by atoms with van der Waals surface area (Å²) in [6.07, 6.45) is 71.3. The minimum Gasteiger partial charge on any atom is -0.462 e. The van der Waals surface area contributed by atoms with Gasteiger partial charge in [0.25, 0.3) is 0 Å². The van der Waals surface area contributed by atoms with Crippen molar-refractivity contribution in [1.82, 2.24) is 0 Å². The molecule has 0 fully saturated rings. The zero-order chi connectivity index (χ0) is 48.6. The zero-order valence-electron chi connectivity index (χ0n) is 43.9. The number of ether oxygens (including phenoxy) is 3. The van der Waals surface area contributed by atoms with E-state index >= 15 is 0 Å². The minimum atomic E-state index is -0.792. The van der Waals surface area contributed by atoms with Crippen LogP contribution in [0.1, 0.15) is 265 Å². The second kappa shape index (κ2) is 55.2. The van der Waals surface area contributed by atoms with Gasteiger partial charge in [-0.05, 0) is 89.9 Å². The molecule has 6 nitrogen and oxygen atoms in total. The molecule has 6 heteroatoms. The predicted octanol–water partition coefficient (Wildman–Crippen LogP) is 18.8. The third-order valence-corrected chi connectivity index (χ3v) is 12.0. The van der Waals surface area contributed by atoms with Gasteiger partial charge in [0.1, 0.15) is 13.2 Å². The SMILES string of the molecule is CC\C=C/C=C\C=C/C=C\CCCCCCCC(=O)OC(COC(=O)CCCCCCCCC/C=C\CCCCCC)COC(=O)CCCCCCCCCCCC/C=C\C=C/CCCCC. The predicted molar refractivity (Wildman–Crippen MR) is 288 cm³/mol. The average Bonchev–Trinajstić information content (AvgIpc) is 3.33. The lowest BCUT2D eigenvalue weighted by Gasteiger charge is -2.18. The molecule has 0 aliphatic carbocycles. The van der Waals surface area contributed by atoms with Crippen LogP contribution in [0, 0.1) is 0 Å². The van der Waals surface area contributed by atoms with E-state index < -0.39 is 6.10 Å². The number of hydrogen-bond donors (Lipinski definition) is 0. The number of allylic oxidation sites excluding steroid dienone is 14. The fourth-order valence-electron chi connectivity index (χ4n) is 7.73. The Balaban J connectivity index is 4.41. The molecule has 1 unspecified atom stereocenters. The summed E-state index contributed by atoms with van der Waals surface area (Å²) in [6.45, 7) is 6.45. The van der Waals surface area contributed by atoms with E-state index in [4.69, 9.17) is 14.2 Å². The molecule has 0 spiro atoms. The molecule has 0 aliphatic heterocycles. The third-order valence-electron chi connectivity index (χ3n) is 12.0. The number of esters is 3. The van der Waals surface area contributed by atoms with E-state index in [1.54, 1.807) is 0 Å². The molecule has 0 heterocycles. The van der Waals surface area contributed by atoms with Crippen molar-refractivity contribution < 1.29 is 28.6 Å². The van der Waals surface area contributed by atoms with Crippen LogP contribution >= 0.6 is 0 Å². The molecule has 0 aromatic heterocycles. The summed E-state index contributed by atoms with van der Waals surface area (Å²) in [6, 6.07) is 0. The normalized spacial score (nSPS) is 12.7. The van der Waals surface area contributed by atoms with Crippen LogP contribution in [0.5, 0.6) is 0 Å². The smallest absolute Gasteiger partial charge is 0.306 e. The molecular formula is C61H104O6. The lowest BCUT2D eigenvalue weighted by atomic mass is 10.1. The molecule has 0 aromatic carbocycles. The van der Waals surface area contributed by atoms with E-state index in [0.29, 0.717) is 19.3 Å². The van der Waals surface area contributed by atoms with Crippen LogP contribution in [0.3, 0.4) is 0 Å². The summed E-state index contributed by atoms with van der Waals surface area (Å²) < 4.78 is 16.8. The fraction of sp³-hybridized carbons (Fsp3) is 0.721. The Hall–Kier alpha value is -3.41. The molecular weight excluding hydrogens is 829 g/mol. The van der Waals surface area contributed by atoms with Gasteiger partial charge in [-0.2, -0.15) is 0 Å². The lowest BCUT2D eigenvalue weighted by Crippen LogP contribution is -2.30. The van der Waals surface area contributed by atoms with Gasteiger partial charge in [0.15, 0.2) is 6.10 Å². The zero-order valence-corrected chi connectivity index (χ0v) is 43.9. The second-order valence-electron chi connectivity index (χ2n) is 18.6. The topological polar surface area (TPSA) is 78.9 Å². The van der Waals surface area contributed by atoms with Crippen molar-refractivity contribution >= 4 is 17.9 Å². The van der Waals surface area contributed by atoms with Gasteiger partial charge in [0.2, 0.25) is 0 Å². The van der Waals surface area contributed by atoms with Crippen molar-refractivity contribution in [2.24, 2.45) is 0 Å². The first kappa shape index (κ1) is 63.6. The van der Waals surface area contributed by atoms with Crippen molar-refractivity contribution in [2.75, 3.05) is 13.2 Å². The summed E-state index contributed by atoms with van der Waals surface area (Å²) in [5.41, 5.74) is 0. The first-order valence-electron chi connectivity index (χ1n) is 28.2. The molecule has 1 atom stereocenters. The summed E-state index contributed by atoms with van der Waals surface area (Å²) in [5.74, 6) is -0.916. The van der Waals surface area contributed by atoms with Crippen molar-refractivity contribution in [1.29, 1.82) is 0 Å². The molecule has 0 saturated heterocycles. The molecule has 0 rings (SSSR count). The van der Waals surface area contributed by atoms with Crippen molar-refractivity contribution in [3.05, 3.63) is 85.1 Å². The summed E-state index contributed by atoms with van der Waals surface area (Å²) in [7, 11) is 0. The maximum absolute atomic E-state index is 12.8. The van der Waals surface area contributed by atoms with E-state index in [1.807, 2.05) is 18.2 Å². The number of carbonyl (C=O) groups excluding carboxylic acids is 3. The number of unbranched alkanes of at least 4 members (excludes halogenated alkanes) is 29. The monoisotopic (exact) mass is 933 g/mol. The highest BCUT2D eigenvalue weighted by Crippen LogP contribution is 2.15. The minimum absolute atomic E-state index is 0.0893.